The molecule has 0 unspecified atom stereocenters. The largest absolute Gasteiger partial charge is 0.366 e. The van der Waals surface area contributed by atoms with Crippen molar-refractivity contribution in [1.82, 2.24) is 24.1 Å². The molecule has 0 aromatic carbocycles. The summed E-state index contributed by atoms with van der Waals surface area (Å²) in [6, 6.07) is 0. The number of nitrogen functional groups attached to an aromatic ring is 1. The average Bonchev–Trinajstić information content (AvgIpc) is 3.06. The van der Waals surface area contributed by atoms with Gasteiger partial charge in [0, 0.05) is 18.6 Å². The van der Waals surface area contributed by atoms with Gasteiger partial charge in [-0.25, -0.2) is 20.5 Å². The van der Waals surface area contributed by atoms with Gasteiger partial charge in [0.15, 0.2) is 17.3 Å². The second-order valence-electron chi connectivity index (χ2n) is 3.79. The number of carbonyl (C=O) groups is 1. The Labute approximate surface area is 106 Å². The molecule has 0 radical (unpaired) electrons. The lowest BCUT2D eigenvalue weighted by molar-refractivity contribution is 0.100. The van der Waals surface area contributed by atoms with E-state index in [2.05, 4.69) is 20.5 Å². The van der Waals surface area contributed by atoms with Crippen LogP contribution in [0.5, 0.6) is 0 Å². The van der Waals surface area contributed by atoms with Gasteiger partial charge in [0.05, 0.1) is 18.0 Å². The van der Waals surface area contributed by atoms with E-state index in [0.717, 1.165) is 0 Å². The van der Waals surface area contributed by atoms with Gasteiger partial charge in [-0.2, -0.15) is 5.10 Å². The van der Waals surface area contributed by atoms with Crippen LogP contribution in [0.4, 0.5) is 5.82 Å². The third-order valence-electron chi connectivity index (χ3n) is 2.59. The van der Waals surface area contributed by atoms with Crippen LogP contribution in [0.1, 0.15) is 10.4 Å². The summed E-state index contributed by atoms with van der Waals surface area (Å²) in [5, 5.41) is 4.04. The van der Waals surface area contributed by atoms with Crippen molar-refractivity contribution in [2.24, 2.45) is 11.6 Å². The lowest BCUT2D eigenvalue weighted by atomic mass is 10.3. The zero-order chi connectivity index (χ0) is 13.4. The summed E-state index contributed by atoms with van der Waals surface area (Å²) in [5.74, 6) is 5.68. The minimum absolute atomic E-state index is 0.289. The normalized spacial score (nSPS) is 10.8. The van der Waals surface area contributed by atoms with Crippen LogP contribution in [-0.2, 0) is 0 Å². The number of nitrogens with zero attached hydrogens (tertiary/aromatic N) is 5. The Morgan fingerprint density at radius 2 is 2.21 bits per heavy atom. The van der Waals surface area contributed by atoms with Crippen molar-refractivity contribution >= 4 is 17.4 Å². The first kappa shape index (κ1) is 11.2. The maximum atomic E-state index is 11.1. The van der Waals surface area contributed by atoms with E-state index in [9.17, 15) is 4.79 Å². The van der Waals surface area contributed by atoms with Crippen molar-refractivity contribution in [1.29, 1.82) is 0 Å². The molecule has 1 amide bonds. The number of imidazole rings is 1. The number of rotatable bonds is 3. The van der Waals surface area contributed by atoms with Gasteiger partial charge >= 0.3 is 0 Å². The Kier molecular flexibility index (Phi) is 2.39. The predicted octanol–water partition coefficient (Wildman–Crippen LogP) is -0.701. The monoisotopic (exact) mass is 258 g/mol. The summed E-state index contributed by atoms with van der Waals surface area (Å²) < 4.78 is 3.16. The highest BCUT2D eigenvalue weighted by Crippen LogP contribution is 2.15. The van der Waals surface area contributed by atoms with Crippen molar-refractivity contribution in [3.8, 4) is 5.82 Å². The molecular weight excluding hydrogens is 248 g/mol. The predicted molar refractivity (Wildman–Crippen MR) is 66.4 cm³/mol. The fourth-order valence-electron chi connectivity index (χ4n) is 1.70. The molecule has 3 rings (SSSR count). The first-order chi connectivity index (χ1) is 9.19. The van der Waals surface area contributed by atoms with Crippen LogP contribution in [0.25, 0.3) is 11.5 Å². The SMILES string of the molecule is NNc1cn2ccnc2c(-n2cc(C(N)=O)cn2)n1. The summed E-state index contributed by atoms with van der Waals surface area (Å²) in [5.41, 5.74) is 8.52. The van der Waals surface area contributed by atoms with Crippen LogP contribution in [0.3, 0.4) is 0 Å². The summed E-state index contributed by atoms with van der Waals surface area (Å²) >= 11 is 0. The Bertz CT molecular complexity index is 758. The van der Waals surface area contributed by atoms with Gasteiger partial charge in [0.1, 0.15) is 0 Å². The smallest absolute Gasteiger partial charge is 0.251 e. The van der Waals surface area contributed by atoms with Gasteiger partial charge < -0.3 is 15.6 Å². The number of fused-ring (bicyclic) bond motifs is 1. The van der Waals surface area contributed by atoms with Crippen LogP contribution in [0.2, 0.25) is 0 Å². The Morgan fingerprint density at radius 1 is 1.37 bits per heavy atom. The Balaban J connectivity index is 2.21. The molecule has 0 fully saturated rings. The van der Waals surface area contributed by atoms with Crippen molar-refractivity contribution < 1.29 is 4.79 Å². The van der Waals surface area contributed by atoms with E-state index in [4.69, 9.17) is 11.6 Å². The lowest BCUT2D eigenvalue weighted by Gasteiger charge is -2.06. The molecule has 0 aliphatic heterocycles. The van der Waals surface area contributed by atoms with Gasteiger partial charge in [-0.05, 0) is 0 Å². The molecule has 3 heterocycles. The Hall–Kier alpha value is -2.94. The number of hydrazine groups is 1. The first-order valence-electron chi connectivity index (χ1n) is 5.34. The summed E-state index contributed by atoms with van der Waals surface area (Å²) in [7, 11) is 0. The molecule has 19 heavy (non-hydrogen) atoms. The molecule has 3 aromatic heterocycles. The summed E-state index contributed by atoms with van der Waals surface area (Å²) in [6.07, 6.45) is 7.91. The highest BCUT2D eigenvalue weighted by atomic mass is 16.1. The third kappa shape index (κ3) is 1.77. The van der Waals surface area contributed by atoms with Crippen molar-refractivity contribution in [2.45, 2.75) is 0 Å². The number of amides is 1. The van der Waals surface area contributed by atoms with E-state index in [0.29, 0.717) is 17.3 Å². The van der Waals surface area contributed by atoms with E-state index >= 15 is 0 Å². The fraction of sp³-hybridized carbons (Fsp3) is 0. The number of nitrogens with two attached hydrogens (primary N) is 2. The zero-order valence-corrected chi connectivity index (χ0v) is 9.69. The van der Waals surface area contributed by atoms with Crippen molar-refractivity contribution in [3.05, 3.63) is 36.5 Å². The standard InChI is InChI=1S/C10H10N8O/c11-8(19)6-3-14-18(4-6)10-9-13-1-2-17(9)5-7(15-10)16-12/h1-5,16H,12H2,(H2,11,19). The number of carbonyl (C=O) groups excluding carboxylic acids is 1. The molecule has 0 bridgehead atoms. The van der Waals surface area contributed by atoms with Crippen LogP contribution < -0.4 is 17.0 Å². The lowest BCUT2D eigenvalue weighted by Crippen LogP contribution is -2.12. The van der Waals surface area contributed by atoms with E-state index in [1.54, 1.807) is 23.0 Å². The zero-order valence-electron chi connectivity index (χ0n) is 9.69. The van der Waals surface area contributed by atoms with Gasteiger partial charge in [-0.1, -0.05) is 0 Å². The van der Waals surface area contributed by atoms with Gasteiger partial charge in [0.25, 0.3) is 5.91 Å². The second-order valence-corrected chi connectivity index (χ2v) is 3.79. The summed E-state index contributed by atoms with van der Waals surface area (Å²) in [4.78, 5) is 19.5. The first-order valence-corrected chi connectivity index (χ1v) is 5.34. The number of primary amides is 1. The van der Waals surface area contributed by atoms with Gasteiger partial charge in [-0.15, -0.1) is 0 Å². The molecule has 0 spiro atoms. The second kappa shape index (κ2) is 4.07. The van der Waals surface area contributed by atoms with E-state index in [1.807, 2.05) is 0 Å². The fourth-order valence-corrected chi connectivity index (χ4v) is 1.70. The Morgan fingerprint density at radius 3 is 2.89 bits per heavy atom. The van der Waals surface area contributed by atoms with Gasteiger partial charge in [-0.3, -0.25) is 4.79 Å². The molecular formula is C10H10N8O. The molecule has 0 saturated heterocycles. The van der Waals surface area contributed by atoms with Crippen LogP contribution in [0.15, 0.2) is 31.0 Å². The van der Waals surface area contributed by atoms with E-state index in [-0.39, 0.29) is 5.56 Å². The average molecular weight is 258 g/mol. The molecule has 96 valence electrons. The molecule has 3 aromatic rings. The number of nitrogens with one attached hydrogen (secondary N) is 1. The summed E-state index contributed by atoms with van der Waals surface area (Å²) in [6.45, 7) is 0. The molecule has 0 saturated carbocycles. The minimum atomic E-state index is -0.557. The number of aromatic nitrogens is 5. The third-order valence-corrected chi connectivity index (χ3v) is 2.59. The molecule has 0 aliphatic carbocycles. The maximum Gasteiger partial charge on any atom is 0.251 e. The van der Waals surface area contributed by atoms with Gasteiger partial charge in [0.2, 0.25) is 0 Å². The van der Waals surface area contributed by atoms with Crippen molar-refractivity contribution in [2.75, 3.05) is 5.43 Å². The van der Waals surface area contributed by atoms with Crippen molar-refractivity contribution in [3.63, 3.8) is 0 Å². The number of hydrogen-bond donors (Lipinski definition) is 3. The van der Waals surface area contributed by atoms with Crippen LogP contribution in [0, 0.1) is 0 Å². The number of hydrogen-bond acceptors (Lipinski definition) is 6. The molecule has 0 aliphatic rings. The van der Waals surface area contributed by atoms with Crippen LogP contribution >= 0.6 is 0 Å². The highest BCUT2D eigenvalue weighted by molar-refractivity contribution is 5.92. The molecule has 5 N–H and O–H groups in total. The van der Waals surface area contributed by atoms with E-state index < -0.39 is 5.91 Å². The number of anilines is 1. The van der Waals surface area contributed by atoms with Crippen LogP contribution in [-0.4, -0.2) is 30.1 Å². The minimum Gasteiger partial charge on any atom is -0.366 e. The van der Waals surface area contributed by atoms with E-state index in [1.165, 1.54) is 17.1 Å². The molecule has 0 atom stereocenters. The highest BCUT2D eigenvalue weighted by Gasteiger charge is 2.12. The quantitative estimate of drug-likeness (QED) is 0.420. The topological polar surface area (TPSA) is 129 Å². The maximum absolute atomic E-state index is 11.1. The molecule has 9 heteroatoms. The molecule has 9 nitrogen and oxygen atoms in total.